The SMILES string of the molecule is N#Cc1c(Cl)c2ccsc2[nH]c1=O. The minimum Gasteiger partial charge on any atom is -0.312 e. The largest absolute Gasteiger partial charge is 0.312 e. The highest BCUT2D eigenvalue weighted by Crippen LogP contribution is 2.26. The van der Waals surface area contributed by atoms with Crippen LogP contribution >= 0.6 is 22.9 Å². The van der Waals surface area contributed by atoms with Crippen LogP contribution in [-0.4, -0.2) is 4.98 Å². The van der Waals surface area contributed by atoms with Gasteiger partial charge in [0.2, 0.25) is 0 Å². The number of nitriles is 1. The molecule has 0 aromatic carbocycles. The van der Waals surface area contributed by atoms with Gasteiger partial charge in [0.05, 0.1) is 5.02 Å². The van der Waals surface area contributed by atoms with Gasteiger partial charge < -0.3 is 4.98 Å². The Hall–Kier alpha value is -1.31. The maximum Gasteiger partial charge on any atom is 0.268 e. The number of aromatic amines is 1. The normalized spacial score (nSPS) is 10.2. The van der Waals surface area contributed by atoms with E-state index in [1.165, 1.54) is 11.3 Å². The lowest BCUT2D eigenvalue weighted by molar-refractivity contribution is 1.29. The van der Waals surface area contributed by atoms with E-state index in [2.05, 4.69) is 4.98 Å². The summed E-state index contributed by atoms with van der Waals surface area (Å²) in [7, 11) is 0. The number of thiophene rings is 1. The van der Waals surface area contributed by atoms with Crippen molar-refractivity contribution >= 4 is 33.2 Å². The molecular formula is C8H3ClN2OS. The Morgan fingerprint density at radius 1 is 1.62 bits per heavy atom. The topological polar surface area (TPSA) is 56.6 Å². The van der Waals surface area contributed by atoms with Crippen LogP contribution in [-0.2, 0) is 0 Å². The lowest BCUT2D eigenvalue weighted by atomic mass is 10.2. The van der Waals surface area contributed by atoms with Crippen molar-refractivity contribution in [2.24, 2.45) is 0 Å². The highest BCUT2D eigenvalue weighted by atomic mass is 35.5. The zero-order chi connectivity index (χ0) is 9.42. The van der Waals surface area contributed by atoms with Crippen molar-refractivity contribution < 1.29 is 0 Å². The van der Waals surface area contributed by atoms with E-state index >= 15 is 0 Å². The molecule has 0 unspecified atom stereocenters. The van der Waals surface area contributed by atoms with Gasteiger partial charge in [-0.3, -0.25) is 4.79 Å². The molecule has 0 fully saturated rings. The van der Waals surface area contributed by atoms with Crippen molar-refractivity contribution in [2.75, 3.05) is 0 Å². The summed E-state index contributed by atoms with van der Waals surface area (Å²) < 4.78 is 0. The molecule has 0 amide bonds. The van der Waals surface area contributed by atoms with E-state index in [1.54, 1.807) is 12.1 Å². The van der Waals surface area contributed by atoms with E-state index in [1.807, 2.05) is 5.38 Å². The van der Waals surface area contributed by atoms with Crippen LogP contribution in [0.2, 0.25) is 5.02 Å². The third-order valence-electron chi connectivity index (χ3n) is 1.69. The molecule has 0 atom stereocenters. The van der Waals surface area contributed by atoms with Crippen LogP contribution in [0.1, 0.15) is 5.56 Å². The first-order valence-electron chi connectivity index (χ1n) is 3.43. The van der Waals surface area contributed by atoms with Crippen molar-refractivity contribution in [2.45, 2.75) is 0 Å². The van der Waals surface area contributed by atoms with E-state index in [9.17, 15) is 4.79 Å². The minimum absolute atomic E-state index is 0.0208. The summed E-state index contributed by atoms with van der Waals surface area (Å²) in [5, 5.41) is 11.4. The standard InChI is InChI=1S/C8H3ClN2OS/c9-6-4-1-2-13-8(4)11-7(12)5(6)3-10/h1-2H,(H,11,12). The quantitative estimate of drug-likeness (QED) is 0.724. The Kier molecular flexibility index (Phi) is 1.83. The number of nitrogens with zero attached hydrogens (tertiary/aromatic N) is 1. The fourth-order valence-corrected chi connectivity index (χ4v) is 2.21. The molecule has 0 saturated heterocycles. The fourth-order valence-electron chi connectivity index (χ4n) is 1.08. The molecule has 0 spiro atoms. The lowest BCUT2D eigenvalue weighted by Gasteiger charge is -1.94. The Labute approximate surface area is 82.2 Å². The maximum atomic E-state index is 11.2. The Morgan fingerprint density at radius 3 is 3.08 bits per heavy atom. The molecule has 1 N–H and O–H groups in total. The van der Waals surface area contributed by atoms with Crippen LogP contribution in [0, 0.1) is 11.3 Å². The number of rotatable bonds is 0. The van der Waals surface area contributed by atoms with Crippen LogP contribution in [0.25, 0.3) is 10.2 Å². The average molecular weight is 211 g/mol. The van der Waals surface area contributed by atoms with Gasteiger partial charge in [-0.05, 0) is 11.4 Å². The van der Waals surface area contributed by atoms with E-state index in [0.717, 1.165) is 5.39 Å². The summed E-state index contributed by atoms with van der Waals surface area (Å²) >= 11 is 7.24. The molecule has 2 aromatic rings. The Balaban J connectivity index is 3.04. The third-order valence-corrected chi connectivity index (χ3v) is 2.91. The lowest BCUT2D eigenvalue weighted by Crippen LogP contribution is -2.09. The number of fused-ring (bicyclic) bond motifs is 1. The average Bonchev–Trinajstić information content (AvgIpc) is 2.53. The highest BCUT2D eigenvalue weighted by molar-refractivity contribution is 7.16. The molecule has 5 heteroatoms. The molecule has 0 bridgehead atoms. The monoisotopic (exact) mass is 210 g/mol. The maximum absolute atomic E-state index is 11.2. The predicted molar refractivity (Wildman–Crippen MR) is 52.2 cm³/mol. The number of nitrogens with one attached hydrogen (secondary N) is 1. The van der Waals surface area contributed by atoms with Crippen molar-refractivity contribution in [1.82, 2.24) is 4.98 Å². The molecule has 0 radical (unpaired) electrons. The highest BCUT2D eigenvalue weighted by Gasteiger charge is 2.10. The third kappa shape index (κ3) is 1.13. The molecule has 64 valence electrons. The zero-order valence-electron chi connectivity index (χ0n) is 6.30. The smallest absolute Gasteiger partial charge is 0.268 e. The number of hydrogen-bond donors (Lipinski definition) is 1. The summed E-state index contributed by atoms with van der Waals surface area (Å²) in [5.74, 6) is 0. The van der Waals surface area contributed by atoms with Crippen LogP contribution in [0.15, 0.2) is 16.2 Å². The van der Waals surface area contributed by atoms with E-state index in [0.29, 0.717) is 4.83 Å². The van der Waals surface area contributed by atoms with Gasteiger partial charge in [0.15, 0.2) is 0 Å². The molecule has 2 heterocycles. The second-order valence-electron chi connectivity index (χ2n) is 2.42. The van der Waals surface area contributed by atoms with Gasteiger partial charge in [0.1, 0.15) is 16.5 Å². The minimum atomic E-state index is -0.428. The fraction of sp³-hybridized carbons (Fsp3) is 0. The van der Waals surface area contributed by atoms with Crippen molar-refractivity contribution in [3.63, 3.8) is 0 Å². The molecule has 0 aliphatic rings. The number of hydrogen-bond acceptors (Lipinski definition) is 3. The number of halogens is 1. The van der Waals surface area contributed by atoms with E-state index in [4.69, 9.17) is 16.9 Å². The van der Waals surface area contributed by atoms with Crippen LogP contribution in [0.4, 0.5) is 0 Å². The zero-order valence-corrected chi connectivity index (χ0v) is 7.87. The summed E-state index contributed by atoms with van der Waals surface area (Å²) in [4.78, 5) is 14.5. The first-order valence-corrected chi connectivity index (χ1v) is 4.69. The van der Waals surface area contributed by atoms with Gasteiger partial charge >= 0.3 is 0 Å². The van der Waals surface area contributed by atoms with Gasteiger partial charge in [0.25, 0.3) is 5.56 Å². The van der Waals surface area contributed by atoms with E-state index in [-0.39, 0.29) is 10.6 Å². The summed E-state index contributed by atoms with van der Waals surface area (Å²) in [6.07, 6.45) is 0. The van der Waals surface area contributed by atoms with Gasteiger partial charge in [-0.2, -0.15) is 5.26 Å². The Bertz CT molecular complexity index is 564. The van der Waals surface area contributed by atoms with E-state index < -0.39 is 5.56 Å². The van der Waals surface area contributed by atoms with Crippen molar-refractivity contribution in [1.29, 1.82) is 5.26 Å². The van der Waals surface area contributed by atoms with Gasteiger partial charge in [-0.15, -0.1) is 11.3 Å². The summed E-state index contributed by atoms with van der Waals surface area (Å²) in [6, 6.07) is 3.55. The molecule has 3 nitrogen and oxygen atoms in total. The molecule has 0 aliphatic carbocycles. The molecule has 2 rings (SSSR count). The van der Waals surface area contributed by atoms with Gasteiger partial charge in [0, 0.05) is 5.39 Å². The van der Waals surface area contributed by atoms with Crippen molar-refractivity contribution in [3.8, 4) is 6.07 Å². The van der Waals surface area contributed by atoms with Gasteiger partial charge in [-0.25, -0.2) is 0 Å². The van der Waals surface area contributed by atoms with Crippen LogP contribution in [0.5, 0.6) is 0 Å². The molecule has 13 heavy (non-hydrogen) atoms. The van der Waals surface area contributed by atoms with Crippen LogP contribution in [0.3, 0.4) is 0 Å². The van der Waals surface area contributed by atoms with Crippen LogP contribution < -0.4 is 5.56 Å². The second-order valence-corrected chi connectivity index (χ2v) is 3.71. The first kappa shape index (κ1) is 8.30. The van der Waals surface area contributed by atoms with Gasteiger partial charge in [-0.1, -0.05) is 11.6 Å². The predicted octanol–water partition coefficient (Wildman–Crippen LogP) is 2.11. The second kappa shape index (κ2) is 2.87. The summed E-state index contributed by atoms with van der Waals surface area (Å²) in [5.41, 5.74) is -0.449. The molecule has 0 saturated carbocycles. The molecular weight excluding hydrogens is 208 g/mol. The van der Waals surface area contributed by atoms with Crippen molar-refractivity contribution in [3.05, 3.63) is 32.4 Å². The summed E-state index contributed by atoms with van der Waals surface area (Å²) in [6.45, 7) is 0. The molecule has 0 aliphatic heterocycles. The molecule has 2 aromatic heterocycles. The Morgan fingerprint density at radius 2 is 2.38 bits per heavy atom. The first-order chi connectivity index (χ1) is 6.24. The number of aromatic nitrogens is 1. The number of H-pyrrole nitrogens is 1. The number of pyridine rings is 1.